The van der Waals surface area contributed by atoms with Crippen molar-refractivity contribution in [3.8, 4) is 22.3 Å². The fourth-order valence-corrected chi connectivity index (χ4v) is 3.27. The summed E-state index contributed by atoms with van der Waals surface area (Å²) in [6.45, 7) is 0. The first-order chi connectivity index (χ1) is 12.1. The zero-order chi connectivity index (χ0) is 17.4. The molecule has 0 N–H and O–H groups in total. The quantitative estimate of drug-likeness (QED) is 0.372. The number of benzene rings is 3. The van der Waals surface area contributed by atoms with Crippen molar-refractivity contribution >= 4 is 16.6 Å². The van der Waals surface area contributed by atoms with Crippen LogP contribution in [0.4, 0.5) is 5.69 Å². The molecule has 3 aromatic carbocycles. The molecule has 0 atom stereocenters. The van der Waals surface area contributed by atoms with Crippen molar-refractivity contribution in [3.63, 3.8) is 0 Å². The van der Waals surface area contributed by atoms with Crippen LogP contribution in [0, 0.1) is 10.1 Å². The summed E-state index contributed by atoms with van der Waals surface area (Å²) in [5.74, 6) is 0. The van der Waals surface area contributed by atoms with Crippen LogP contribution in [0.2, 0.25) is 0 Å². The third-order valence-electron chi connectivity index (χ3n) is 4.49. The molecule has 0 radical (unpaired) electrons. The molecule has 122 valence electrons. The van der Waals surface area contributed by atoms with E-state index in [1.54, 1.807) is 18.2 Å². The molecule has 1 aromatic heterocycles. The summed E-state index contributed by atoms with van der Waals surface area (Å²) in [6, 6.07) is 23.3. The van der Waals surface area contributed by atoms with Crippen molar-refractivity contribution in [2.45, 2.75) is 0 Å². The first-order valence-corrected chi connectivity index (χ1v) is 8.03. The minimum absolute atomic E-state index is 0.127. The smallest absolute Gasteiger partial charge is 0.277 e. The zero-order valence-corrected chi connectivity index (χ0v) is 13.7. The Morgan fingerprint density at radius 2 is 1.56 bits per heavy atom. The fourth-order valence-electron chi connectivity index (χ4n) is 3.27. The van der Waals surface area contributed by atoms with E-state index in [4.69, 9.17) is 0 Å². The number of fused-ring (bicyclic) bond motifs is 1. The van der Waals surface area contributed by atoms with Gasteiger partial charge >= 0.3 is 0 Å². The lowest BCUT2D eigenvalue weighted by Gasteiger charge is -2.04. The molecule has 4 aromatic rings. The molecule has 0 saturated carbocycles. The molecule has 0 saturated heterocycles. The number of aryl methyl sites for hydroxylation is 1. The van der Waals surface area contributed by atoms with Gasteiger partial charge in [-0.2, -0.15) is 0 Å². The van der Waals surface area contributed by atoms with E-state index < -0.39 is 0 Å². The molecule has 0 spiro atoms. The lowest BCUT2D eigenvalue weighted by Crippen LogP contribution is -1.91. The van der Waals surface area contributed by atoms with Gasteiger partial charge in [0.25, 0.3) is 5.69 Å². The van der Waals surface area contributed by atoms with Crippen LogP contribution >= 0.6 is 0 Å². The fraction of sp³-hybridized carbons (Fsp3) is 0.0476. The van der Waals surface area contributed by atoms with Gasteiger partial charge < -0.3 is 4.57 Å². The van der Waals surface area contributed by atoms with E-state index in [9.17, 15) is 10.1 Å². The maximum Gasteiger partial charge on any atom is 0.277 e. The minimum Gasteiger partial charge on any atom is -0.350 e. The second-order valence-electron chi connectivity index (χ2n) is 6.03. The van der Waals surface area contributed by atoms with Crippen molar-refractivity contribution in [3.05, 3.63) is 89.1 Å². The summed E-state index contributed by atoms with van der Waals surface area (Å²) in [7, 11) is 1.97. The molecular formula is C21H16N2O2. The van der Waals surface area contributed by atoms with Gasteiger partial charge in [0.15, 0.2) is 0 Å². The Labute approximate surface area is 145 Å². The van der Waals surface area contributed by atoms with Gasteiger partial charge in [-0.25, -0.2) is 0 Å². The average Bonchev–Trinajstić information content (AvgIpc) is 2.98. The zero-order valence-electron chi connectivity index (χ0n) is 13.7. The molecule has 0 amide bonds. The summed E-state index contributed by atoms with van der Waals surface area (Å²) < 4.78 is 2.02. The minimum atomic E-state index is -0.327. The lowest BCUT2D eigenvalue weighted by molar-refractivity contribution is -0.384. The summed E-state index contributed by atoms with van der Waals surface area (Å²) >= 11 is 0. The van der Waals surface area contributed by atoms with E-state index >= 15 is 0 Å². The van der Waals surface area contributed by atoms with Crippen LogP contribution in [0.5, 0.6) is 0 Å². The Morgan fingerprint density at radius 1 is 0.840 bits per heavy atom. The summed E-state index contributed by atoms with van der Waals surface area (Å²) in [5.41, 5.74) is 4.98. The van der Waals surface area contributed by atoms with Crippen LogP contribution in [0.25, 0.3) is 33.2 Å². The van der Waals surface area contributed by atoms with Gasteiger partial charge in [-0.3, -0.25) is 10.1 Å². The molecule has 1 heterocycles. The van der Waals surface area contributed by atoms with Crippen LogP contribution in [0.1, 0.15) is 0 Å². The Bertz CT molecular complexity index is 1080. The van der Waals surface area contributed by atoms with E-state index in [-0.39, 0.29) is 10.6 Å². The standard InChI is InChI=1S/C21H16N2O2/c1-22-14-19(17-9-5-6-10-20(17)23(24)25)18-12-11-16(13-21(18)22)15-7-3-2-4-8-15/h2-14H,1H3. The lowest BCUT2D eigenvalue weighted by atomic mass is 10.00. The van der Waals surface area contributed by atoms with Crippen molar-refractivity contribution in [2.24, 2.45) is 7.05 Å². The second kappa shape index (κ2) is 5.91. The van der Waals surface area contributed by atoms with E-state index in [0.717, 1.165) is 27.6 Å². The van der Waals surface area contributed by atoms with E-state index in [2.05, 4.69) is 24.3 Å². The number of aromatic nitrogens is 1. The van der Waals surface area contributed by atoms with Crippen LogP contribution in [-0.4, -0.2) is 9.49 Å². The molecule has 0 unspecified atom stereocenters. The van der Waals surface area contributed by atoms with Crippen LogP contribution in [0.3, 0.4) is 0 Å². The van der Waals surface area contributed by atoms with Crippen LogP contribution in [0.15, 0.2) is 79.0 Å². The molecule has 4 nitrogen and oxygen atoms in total. The maximum absolute atomic E-state index is 11.4. The maximum atomic E-state index is 11.4. The average molecular weight is 328 g/mol. The highest BCUT2D eigenvalue weighted by Gasteiger charge is 2.18. The molecule has 0 aliphatic carbocycles. The van der Waals surface area contributed by atoms with Gasteiger partial charge in [-0.1, -0.05) is 54.6 Å². The number of hydrogen-bond donors (Lipinski definition) is 0. The molecule has 0 aliphatic rings. The molecule has 4 rings (SSSR count). The Kier molecular flexibility index (Phi) is 3.58. The highest BCUT2D eigenvalue weighted by Crippen LogP contribution is 2.37. The first kappa shape index (κ1) is 15.1. The summed E-state index contributed by atoms with van der Waals surface area (Å²) in [5, 5.41) is 12.4. The Morgan fingerprint density at radius 3 is 2.32 bits per heavy atom. The van der Waals surface area contributed by atoms with Gasteiger partial charge in [0.05, 0.1) is 10.5 Å². The first-order valence-electron chi connectivity index (χ1n) is 8.03. The molecule has 0 fully saturated rings. The molecule has 0 aliphatic heterocycles. The topological polar surface area (TPSA) is 48.1 Å². The van der Waals surface area contributed by atoms with Crippen molar-refractivity contribution in [1.82, 2.24) is 4.57 Å². The monoisotopic (exact) mass is 328 g/mol. The normalized spacial score (nSPS) is 10.9. The molecular weight excluding hydrogens is 312 g/mol. The van der Waals surface area contributed by atoms with Crippen molar-refractivity contribution < 1.29 is 4.92 Å². The van der Waals surface area contributed by atoms with Gasteiger partial charge in [0.1, 0.15) is 0 Å². The third-order valence-corrected chi connectivity index (χ3v) is 4.49. The third kappa shape index (κ3) is 2.58. The van der Waals surface area contributed by atoms with E-state index in [1.807, 2.05) is 48.1 Å². The van der Waals surface area contributed by atoms with Crippen molar-refractivity contribution in [2.75, 3.05) is 0 Å². The van der Waals surface area contributed by atoms with Gasteiger partial charge in [-0.15, -0.1) is 0 Å². The molecule has 4 heteroatoms. The molecule has 0 bridgehead atoms. The largest absolute Gasteiger partial charge is 0.350 e. The van der Waals surface area contributed by atoms with Gasteiger partial charge in [0.2, 0.25) is 0 Å². The Balaban J connectivity index is 1.93. The highest BCUT2D eigenvalue weighted by molar-refractivity contribution is 5.99. The summed E-state index contributed by atoms with van der Waals surface area (Å²) in [6.07, 6.45) is 1.96. The van der Waals surface area contributed by atoms with Gasteiger partial charge in [0, 0.05) is 35.8 Å². The number of nitrogens with zero attached hydrogens (tertiary/aromatic N) is 2. The number of hydrogen-bond acceptors (Lipinski definition) is 2. The van der Waals surface area contributed by atoms with E-state index in [0.29, 0.717) is 5.56 Å². The number of nitro groups is 1. The summed E-state index contributed by atoms with van der Waals surface area (Å²) in [4.78, 5) is 11.0. The second-order valence-corrected chi connectivity index (χ2v) is 6.03. The highest BCUT2D eigenvalue weighted by atomic mass is 16.6. The van der Waals surface area contributed by atoms with Gasteiger partial charge in [-0.05, 0) is 23.3 Å². The predicted molar refractivity (Wildman–Crippen MR) is 100 cm³/mol. The number of rotatable bonds is 3. The predicted octanol–water partition coefficient (Wildman–Crippen LogP) is 5.42. The van der Waals surface area contributed by atoms with E-state index in [1.165, 1.54) is 0 Å². The number of nitro benzene ring substituents is 1. The van der Waals surface area contributed by atoms with Crippen LogP contribution < -0.4 is 0 Å². The SMILES string of the molecule is Cn1cc(-c2ccccc2[N+](=O)[O-])c2ccc(-c3ccccc3)cc21. The van der Waals surface area contributed by atoms with Crippen molar-refractivity contribution in [1.29, 1.82) is 0 Å². The van der Waals surface area contributed by atoms with Crippen LogP contribution in [-0.2, 0) is 7.05 Å². The number of para-hydroxylation sites is 1. The Hall–Kier alpha value is -3.40. The molecule has 25 heavy (non-hydrogen) atoms.